The van der Waals surface area contributed by atoms with Gasteiger partial charge in [0.2, 0.25) is 17.7 Å². The van der Waals surface area contributed by atoms with Crippen LogP contribution >= 0.6 is 24.0 Å². The maximum atomic E-state index is 12.7. The predicted octanol–water partition coefficient (Wildman–Crippen LogP) is 0.979. The minimum absolute atomic E-state index is 0. The molecule has 2 saturated heterocycles. The van der Waals surface area contributed by atoms with Gasteiger partial charge < -0.3 is 15.5 Å². The zero-order chi connectivity index (χ0) is 20.4. The summed E-state index contributed by atoms with van der Waals surface area (Å²) in [6.45, 7) is 5.62. The molecule has 3 amide bonds. The second-order valence-electron chi connectivity index (χ2n) is 8.35. The van der Waals surface area contributed by atoms with Gasteiger partial charge in [0.25, 0.3) is 0 Å². The molecule has 2 aliphatic heterocycles. The van der Waals surface area contributed by atoms with Crippen molar-refractivity contribution >= 4 is 47.7 Å². The first-order chi connectivity index (χ1) is 14.1. The summed E-state index contributed by atoms with van der Waals surface area (Å²) < 4.78 is 0. The molecule has 2 aliphatic carbocycles. The lowest BCUT2D eigenvalue weighted by Crippen LogP contribution is -2.43. The minimum atomic E-state index is -0.143. The highest BCUT2D eigenvalue weighted by Gasteiger charge is 2.58. The summed E-state index contributed by atoms with van der Waals surface area (Å²) in [6, 6.07) is 0. The van der Waals surface area contributed by atoms with Crippen LogP contribution in [0.2, 0.25) is 0 Å². The van der Waals surface area contributed by atoms with Crippen molar-refractivity contribution in [3.63, 3.8) is 0 Å². The van der Waals surface area contributed by atoms with Crippen molar-refractivity contribution in [3.05, 3.63) is 12.2 Å². The van der Waals surface area contributed by atoms with E-state index in [1.54, 1.807) is 0 Å². The summed E-state index contributed by atoms with van der Waals surface area (Å²) in [5, 5.41) is 6.34. The van der Waals surface area contributed by atoms with E-state index in [4.69, 9.17) is 0 Å². The van der Waals surface area contributed by atoms with E-state index >= 15 is 0 Å². The number of fused-ring (bicyclic) bond motifs is 5. The molecule has 2 heterocycles. The van der Waals surface area contributed by atoms with E-state index in [1.807, 2.05) is 11.8 Å². The van der Waals surface area contributed by atoms with Crippen molar-refractivity contribution in [2.24, 2.45) is 28.7 Å². The van der Waals surface area contributed by atoms with E-state index < -0.39 is 0 Å². The highest BCUT2D eigenvalue weighted by molar-refractivity contribution is 14.0. The number of carbonyl (C=O) groups excluding carboxylic acids is 3. The van der Waals surface area contributed by atoms with E-state index in [1.165, 1.54) is 4.90 Å². The Hall–Kier alpha value is -1.65. The van der Waals surface area contributed by atoms with Gasteiger partial charge in [0.15, 0.2) is 5.96 Å². The Morgan fingerprint density at radius 2 is 1.73 bits per heavy atom. The number of imide groups is 1. The van der Waals surface area contributed by atoms with Crippen LogP contribution in [0.15, 0.2) is 17.1 Å². The first kappa shape index (κ1) is 23.0. The number of hydrogen-bond acceptors (Lipinski definition) is 4. The number of halogens is 1. The van der Waals surface area contributed by atoms with Crippen molar-refractivity contribution in [1.82, 2.24) is 20.4 Å². The van der Waals surface area contributed by atoms with Gasteiger partial charge >= 0.3 is 0 Å². The van der Waals surface area contributed by atoms with Gasteiger partial charge in [-0.1, -0.05) is 12.2 Å². The van der Waals surface area contributed by atoms with Crippen molar-refractivity contribution in [2.75, 3.05) is 39.3 Å². The van der Waals surface area contributed by atoms with Gasteiger partial charge in [0, 0.05) is 39.1 Å². The highest BCUT2D eigenvalue weighted by Crippen LogP contribution is 2.52. The van der Waals surface area contributed by atoms with Gasteiger partial charge in [-0.25, -0.2) is 0 Å². The normalized spacial score (nSPS) is 29.4. The zero-order valence-electron chi connectivity index (χ0n) is 17.5. The summed E-state index contributed by atoms with van der Waals surface area (Å²) in [5.41, 5.74) is 0. The first-order valence-corrected chi connectivity index (χ1v) is 10.9. The molecule has 0 aromatic heterocycles. The molecule has 4 aliphatic rings. The molecule has 0 radical (unpaired) electrons. The lowest BCUT2D eigenvalue weighted by atomic mass is 9.85. The van der Waals surface area contributed by atoms with Crippen LogP contribution in [0.4, 0.5) is 0 Å². The third kappa shape index (κ3) is 4.50. The Morgan fingerprint density at radius 1 is 1.10 bits per heavy atom. The fraction of sp³-hybridized carbons (Fsp3) is 0.714. The number of nitrogens with one attached hydrogen (secondary N) is 2. The number of rotatable bonds is 7. The number of nitrogens with zero attached hydrogens (tertiary/aromatic N) is 3. The number of guanidine groups is 1. The van der Waals surface area contributed by atoms with Gasteiger partial charge in [-0.3, -0.25) is 24.3 Å². The van der Waals surface area contributed by atoms with Crippen LogP contribution in [0.3, 0.4) is 0 Å². The van der Waals surface area contributed by atoms with Crippen LogP contribution in [0, 0.1) is 23.7 Å². The van der Waals surface area contributed by atoms with Gasteiger partial charge in [-0.05, 0) is 38.0 Å². The Bertz CT molecular complexity index is 704. The fourth-order valence-electron chi connectivity index (χ4n) is 5.20. The monoisotopic (exact) mass is 529 g/mol. The average molecular weight is 529 g/mol. The smallest absolute Gasteiger partial charge is 0.233 e. The van der Waals surface area contributed by atoms with Crippen LogP contribution in [0.1, 0.15) is 32.6 Å². The molecular formula is C21H32IN5O3. The number of aliphatic imine (C=N–C) groups is 1. The van der Waals surface area contributed by atoms with Crippen LogP contribution in [-0.4, -0.2) is 72.7 Å². The Labute approximate surface area is 194 Å². The first-order valence-electron chi connectivity index (χ1n) is 10.9. The van der Waals surface area contributed by atoms with Crippen molar-refractivity contribution in [1.29, 1.82) is 0 Å². The number of likely N-dealkylation sites (tertiary alicyclic amines) is 2. The summed E-state index contributed by atoms with van der Waals surface area (Å²) in [6.07, 6.45) is 7.75. The van der Waals surface area contributed by atoms with Crippen molar-refractivity contribution in [3.8, 4) is 0 Å². The van der Waals surface area contributed by atoms with Gasteiger partial charge in [-0.2, -0.15) is 0 Å². The van der Waals surface area contributed by atoms with Crippen molar-refractivity contribution < 1.29 is 14.4 Å². The topological polar surface area (TPSA) is 94.1 Å². The molecule has 2 N–H and O–H groups in total. The summed E-state index contributed by atoms with van der Waals surface area (Å²) in [5.74, 6) is 0.936. The van der Waals surface area contributed by atoms with Gasteiger partial charge in [-0.15, -0.1) is 24.0 Å². The van der Waals surface area contributed by atoms with E-state index in [0.29, 0.717) is 38.6 Å². The van der Waals surface area contributed by atoms with E-state index in [9.17, 15) is 14.4 Å². The number of carbonyl (C=O) groups is 3. The van der Waals surface area contributed by atoms with E-state index in [-0.39, 0.29) is 65.4 Å². The highest BCUT2D eigenvalue weighted by atomic mass is 127. The molecule has 1 saturated carbocycles. The molecule has 0 aromatic carbocycles. The molecule has 2 bridgehead atoms. The molecule has 0 aromatic rings. The second-order valence-corrected chi connectivity index (χ2v) is 8.35. The SMILES string of the molecule is CCNC(=NCCC(=O)N1CCCC1)NCCN1C(=O)C2C3C=CC(C3)C2C1=O.I. The molecule has 0 spiro atoms. The average Bonchev–Trinajstić information content (AvgIpc) is 3.49. The van der Waals surface area contributed by atoms with E-state index in [2.05, 4.69) is 27.8 Å². The van der Waals surface area contributed by atoms with Crippen LogP contribution in [0.5, 0.6) is 0 Å². The summed E-state index contributed by atoms with van der Waals surface area (Å²) in [7, 11) is 0. The third-order valence-electron chi connectivity index (χ3n) is 6.59. The van der Waals surface area contributed by atoms with Gasteiger partial charge in [0.1, 0.15) is 0 Å². The Kier molecular flexibility index (Phi) is 7.75. The van der Waals surface area contributed by atoms with Crippen LogP contribution in [-0.2, 0) is 14.4 Å². The minimum Gasteiger partial charge on any atom is -0.357 e. The molecule has 166 valence electrons. The lowest BCUT2D eigenvalue weighted by molar-refractivity contribution is -0.140. The van der Waals surface area contributed by atoms with Crippen LogP contribution < -0.4 is 10.6 Å². The Morgan fingerprint density at radius 3 is 2.33 bits per heavy atom. The molecular weight excluding hydrogens is 497 g/mol. The molecule has 4 rings (SSSR count). The third-order valence-corrected chi connectivity index (χ3v) is 6.59. The largest absolute Gasteiger partial charge is 0.357 e. The zero-order valence-corrected chi connectivity index (χ0v) is 19.8. The van der Waals surface area contributed by atoms with Gasteiger partial charge in [0.05, 0.1) is 18.4 Å². The number of hydrogen-bond donors (Lipinski definition) is 2. The van der Waals surface area contributed by atoms with E-state index in [0.717, 1.165) is 32.4 Å². The lowest BCUT2D eigenvalue weighted by Gasteiger charge is -2.19. The molecule has 4 atom stereocenters. The maximum absolute atomic E-state index is 12.7. The molecule has 9 heteroatoms. The van der Waals surface area contributed by atoms with Crippen LogP contribution in [0.25, 0.3) is 0 Å². The van der Waals surface area contributed by atoms with Crippen molar-refractivity contribution in [2.45, 2.75) is 32.6 Å². The fourth-order valence-corrected chi connectivity index (χ4v) is 5.20. The molecule has 4 unspecified atom stereocenters. The second kappa shape index (κ2) is 10.1. The standard InChI is InChI=1S/C21H31N5O3.HI/c1-2-22-21(23-8-7-16(27)25-10-3-4-11-25)24-9-12-26-19(28)17-14-5-6-15(13-14)18(17)20(26)29;/h5-6,14-15,17-18H,2-4,7-13H2,1H3,(H2,22,23,24);1H. The molecule has 8 nitrogen and oxygen atoms in total. The summed E-state index contributed by atoms with van der Waals surface area (Å²) >= 11 is 0. The molecule has 3 fully saturated rings. The predicted molar refractivity (Wildman–Crippen MR) is 124 cm³/mol. The quantitative estimate of drug-likeness (QED) is 0.169. The number of allylic oxidation sites excluding steroid dienone is 2. The maximum Gasteiger partial charge on any atom is 0.233 e. The number of amides is 3. The summed E-state index contributed by atoms with van der Waals surface area (Å²) in [4.78, 5) is 45.4. The Balaban J connectivity index is 0.00000256. The molecule has 30 heavy (non-hydrogen) atoms.